The lowest BCUT2D eigenvalue weighted by Crippen LogP contribution is -2.41. The van der Waals surface area contributed by atoms with E-state index in [1.54, 1.807) is 0 Å². The van der Waals surface area contributed by atoms with Crippen LogP contribution in [-0.2, 0) is 24.3 Å². The zero-order valence-electron chi connectivity index (χ0n) is 18.9. The molecule has 3 aromatic carbocycles. The van der Waals surface area contributed by atoms with Crippen molar-refractivity contribution in [1.82, 2.24) is 9.55 Å². The molecule has 0 saturated heterocycles. The van der Waals surface area contributed by atoms with Crippen molar-refractivity contribution in [3.63, 3.8) is 0 Å². The van der Waals surface area contributed by atoms with Crippen LogP contribution in [0.15, 0.2) is 94.5 Å². The molecule has 0 radical (unpaired) electrons. The Balaban J connectivity index is 1.79. The molecule has 0 aliphatic rings. The number of carbonyl (C=O) groups is 1. The van der Waals surface area contributed by atoms with E-state index in [0.717, 1.165) is 22.3 Å². The monoisotopic (exact) mass is 454 g/mol. The topological polar surface area (TPSA) is 101 Å². The maximum absolute atomic E-state index is 13.6. The predicted molar refractivity (Wildman–Crippen MR) is 134 cm³/mol. The standard InChI is InChI=1S/C27H26N4O3/c1-19-10-8-9-15-22(19)16-23(32)30(17-20-11-4-2-5-12-20)24-25(28)31(27(34)29-26(24)33)18-21-13-6-3-7-14-21/h2-15H,16-18,28H2,1H3,(H,29,33,34). The Morgan fingerprint density at radius 1 is 0.882 bits per heavy atom. The van der Waals surface area contributed by atoms with Gasteiger partial charge in [0.2, 0.25) is 5.91 Å². The zero-order chi connectivity index (χ0) is 24.1. The number of H-pyrrole nitrogens is 1. The van der Waals surface area contributed by atoms with Crippen molar-refractivity contribution >= 4 is 17.4 Å². The van der Waals surface area contributed by atoms with E-state index in [4.69, 9.17) is 5.73 Å². The number of rotatable bonds is 7. The molecule has 1 amide bonds. The molecular weight excluding hydrogens is 428 g/mol. The van der Waals surface area contributed by atoms with Crippen molar-refractivity contribution in [2.45, 2.75) is 26.4 Å². The molecule has 7 nitrogen and oxygen atoms in total. The van der Waals surface area contributed by atoms with E-state index in [9.17, 15) is 14.4 Å². The van der Waals surface area contributed by atoms with Crippen molar-refractivity contribution in [2.24, 2.45) is 0 Å². The third kappa shape index (κ3) is 4.99. The Morgan fingerprint density at radius 2 is 1.47 bits per heavy atom. The van der Waals surface area contributed by atoms with Gasteiger partial charge in [-0.3, -0.25) is 24.0 Å². The second-order valence-electron chi connectivity index (χ2n) is 8.13. The molecule has 4 rings (SSSR count). The van der Waals surface area contributed by atoms with Crippen LogP contribution in [0.1, 0.15) is 22.3 Å². The Labute approximate surface area is 197 Å². The van der Waals surface area contributed by atoms with Gasteiger partial charge >= 0.3 is 5.69 Å². The number of carbonyl (C=O) groups excluding carboxylic acids is 1. The molecule has 0 unspecified atom stereocenters. The number of aryl methyl sites for hydroxylation is 1. The van der Waals surface area contributed by atoms with Crippen LogP contribution in [-0.4, -0.2) is 15.5 Å². The van der Waals surface area contributed by atoms with Crippen LogP contribution in [0, 0.1) is 6.92 Å². The number of nitrogens with zero attached hydrogens (tertiary/aromatic N) is 2. The normalized spacial score (nSPS) is 10.7. The van der Waals surface area contributed by atoms with Gasteiger partial charge in [-0.25, -0.2) is 4.79 Å². The lowest BCUT2D eigenvalue weighted by atomic mass is 10.0. The van der Waals surface area contributed by atoms with Gasteiger partial charge in [-0.1, -0.05) is 84.9 Å². The molecular formula is C27H26N4O3. The molecule has 0 aliphatic carbocycles. The fourth-order valence-electron chi connectivity index (χ4n) is 3.89. The summed E-state index contributed by atoms with van der Waals surface area (Å²) in [7, 11) is 0. The molecule has 7 heteroatoms. The maximum atomic E-state index is 13.6. The number of nitrogens with one attached hydrogen (secondary N) is 1. The van der Waals surface area contributed by atoms with Crippen molar-refractivity contribution < 1.29 is 4.79 Å². The molecule has 0 aliphatic heterocycles. The largest absolute Gasteiger partial charge is 0.383 e. The first-order chi connectivity index (χ1) is 16.4. The first-order valence-corrected chi connectivity index (χ1v) is 11.0. The number of aromatic nitrogens is 2. The highest BCUT2D eigenvalue weighted by Crippen LogP contribution is 2.22. The van der Waals surface area contributed by atoms with Crippen LogP contribution in [0.3, 0.4) is 0 Å². The van der Waals surface area contributed by atoms with Gasteiger partial charge in [0.25, 0.3) is 5.56 Å². The van der Waals surface area contributed by atoms with Crippen molar-refractivity contribution in [3.8, 4) is 0 Å². The van der Waals surface area contributed by atoms with E-state index in [-0.39, 0.29) is 36.9 Å². The SMILES string of the molecule is Cc1ccccc1CC(=O)N(Cc1ccccc1)c1c(N)n(Cc2ccccc2)c(=O)[nH]c1=O. The van der Waals surface area contributed by atoms with Gasteiger partial charge in [-0.05, 0) is 29.2 Å². The van der Waals surface area contributed by atoms with E-state index < -0.39 is 11.2 Å². The minimum atomic E-state index is -0.694. The maximum Gasteiger partial charge on any atom is 0.330 e. The number of amides is 1. The summed E-state index contributed by atoms with van der Waals surface area (Å²) >= 11 is 0. The minimum absolute atomic E-state index is 0.0297. The molecule has 0 saturated carbocycles. The van der Waals surface area contributed by atoms with E-state index in [1.165, 1.54) is 9.47 Å². The Morgan fingerprint density at radius 3 is 2.12 bits per heavy atom. The van der Waals surface area contributed by atoms with Crippen LogP contribution in [0.25, 0.3) is 0 Å². The second kappa shape index (κ2) is 10.0. The molecule has 172 valence electrons. The third-order valence-corrected chi connectivity index (χ3v) is 5.76. The van der Waals surface area contributed by atoms with Gasteiger partial charge in [0.1, 0.15) is 5.82 Å². The summed E-state index contributed by atoms with van der Waals surface area (Å²) in [5.74, 6) is -0.341. The van der Waals surface area contributed by atoms with Crippen molar-refractivity contribution in [3.05, 3.63) is 128 Å². The second-order valence-corrected chi connectivity index (χ2v) is 8.13. The molecule has 1 heterocycles. The summed E-state index contributed by atoms with van der Waals surface area (Å²) in [6, 6.07) is 26.3. The van der Waals surface area contributed by atoms with E-state index in [1.807, 2.05) is 91.9 Å². The number of aromatic amines is 1. The summed E-state index contributed by atoms with van der Waals surface area (Å²) in [6.45, 7) is 2.24. The Bertz CT molecular complexity index is 1410. The van der Waals surface area contributed by atoms with Gasteiger partial charge in [0.05, 0.1) is 19.5 Å². The third-order valence-electron chi connectivity index (χ3n) is 5.76. The van der Waals surface area contributed by atoms with E-state index in [0.29, 0.717) is 0 Å². The number of benzene rings is 3. The quantitative estimate of drug-likeness (QED) is 0.448. The molecule has 4 aromatic rings. The first kappa shape index (κ1) is 22.8. The van der Waals surface area contributed by atoms with E-state index >= 15 is 0 Å². The van der Waals surface area contributed by atoms with Crippen LogP contribution in [0.2, 0.25) is 0 Å². The summed E-state index contributed by atoms with van der Waals surface area (Å²) < 4.78 is 1.28. The average Bonchev–Trinajstić information content (AvgIpc) is 2.84. The first-order valence-electron chi connectivity index (χ1n) is 11.0. The number of hydrogen-bond acceptors (Lipinski definition) is 4. The fraction of sp³-hybridized carbons (Fsp3) is 0.148. The average molecular weight is 455 g/mol. The molecule has 0 bridgehead atoms. The smallest absolute Gasteiger partial charge is 0.330 e. The van der Waals surface area contributed by atoms with Gasteiger partial charge in [0, 0.05) is 0 Å². The lowest BCUT2D eigenvalue weighted by Gasteiger charge is -2.25. The van der Waals surface area contributed by atoms with Crippen LogP contribution >= 0.6 is 0 Å². The molecule has 1 aromatic heterocycles. The highest BCUT2D eigenvalue weighted by atomic mass is 16.2. The van der Waals surface area contributed by atoms with Crippen molar-refractivity contribution in [1.29, 1.82) is 0 Å². The van der Waals surface area contributed by atoms with Gasteiger partial charge in [-0.2, -0.15) is 0 Å². The summed E-state index contributed by atoms with van der Waals surface area (Å²) in [6.07, 6.45) is 0.0935. The van der Waals surface area contributed by atoms with E-state index in [2.05, 4.69) is 4.98 Å². The number of nitrogen functional groups attached to an aromatic ring is 1. The van der Waals surface area contributed by atoms with Gasteiger partial charge < -0.3 is 5.73 Å². The number of nitrogens with two attached hydrogens (primary N) is 1. The summed E-state index contributed by atoms with van der Waals surface area (Å²) in [5, 5.41) is 0. The van der Waals surface area contributed by atoms with Gasteiger partial charge in [-0.15, -0.1) is 0 Å². The minimum Gasteiger partial charge on any atom is -0.383 e. The summed E-state index contributed by atoms with van der Waals surface area (Å²) in [5.41, 5.74) is 8.56. The highest BCUT2D eigenvalue weighted by Gasteiger charge is 2.25. The molecule has 0 atom stereocenters. The van der Waals surface area contributed by atoms with Gasteiger partial charge in [0.15, 0.2) is 5.69 Å². The Kier molecular flexibility index (Phi) is 6.73. The van der Waals surface area contributed by atoms with Crippen LogP contribution < -0.4 is 21.9 Å². The van der Waals surface area contributed by atoms with Crippen LogP contribution in [0.4, 0.5) is 11.5 Å². The molecule has 3 N–H and O–H groups in total. The van der Waals surface area contributed by atoms with Crippen LogP contribution in [0.5, 0.6) is 0 Å². The highest BCUT2D eigenvalue weighted by molar-refractivity contribution is 5.96. The fourth-order valence-corrected chi connectivity index (χ4v) is 3.89. The molecule has 0 spiro atoms. The zero-order valence-corrected chi connectivity index (χ0v) is 18.9. The number of hydrogen-bond donors (Lipinski definition) is 2. The predicted octanol–water partition coefficient (Wildman–Crippen LogP) is 3.25. The van der Waals surface area contributed by atoms with Crippen molar-refractivity contribution in [2.75, 3.05) is 10.6 Å². The Hall–Kier alpha value is -4.39. The number of anilines is 2. The molecule has 34 heavy (non-hydrogen) atoms. The lowest BCUT2D eigenvalue weighted by molar-refractivity contribution is -0.118. The summed E-state index contributed by atoms with van der Waals surface area (Å²) in [4.78, 5) is 42.9. The molecule has 0 fully saturated rings.